The minimum Gasteiger partial charge on any atom is -0.478 e. The fourth-order valence-corrected chi connectivity index (χ4v) is 3.14. The van der Waals surface area contributed by atoms with Gasteiger partial charge in [0.15, 0.2) is 5.82 Å². The first-order chi connectivity index (χ1) is 13.9. The highest BCUT2D eigenvalue weighted by molar-refractivity contribution is 6.06. The van der Waals surface area contributed by atoms with E-state index in [9.17, 15) is 19.1 Å². The zero-order valence-electron chi connectivity index (χ0n) is 15.4. The molecule has 3 N–H and O–H groups in total. The summed E-state index contributed by atoms with van der Waals surface area (Å²) in [5.41, 5.74) is 2.68. The molecule has 0 fully saturated rings. The van der Waals surface area contributed by atoms with Gasteiger partial charge in [-0.05, 0) is 48.4 Å². The van der Waals surface area contributed by atoms with Crippen molar-refractivity contribution in [3.8, 4) is 0 Å². The van der Waals surface area contributed by atoms with Crippen LogP contribution in [-0.4, -0.2) is 31.7 Å². The van der Waals surface area contributed by atoms with Gasteiger partial charge in [0.2, 0.25) is 0 Å². The Labute approximate surface area is 164 Å². The number of carbonyl (C=O) groups excluding carboxylic acids is 1. The zero-order valence-corrected chi connectivity index (χ0v) is 15.4. The van der Waals surface area contributed by atoms with Crippen LogP contribution >= 0.6 is 0 Å². The van der Waals surface area contributed by atoms with Gasteiger partial charge in [0.1, 0.15) is 11.5 Å². The molecule has 29 heavy (non-hydrogen) atoms. The van der Waals surface area contributed by atoms with E-state index < -0.39 is 5.97 Å². The lowest BCUT2D eigenvalue weighted by atomic mass is 10.1. The molecule has 0 aliphatic carbocycles. The highest BCUT2D eigenvalue weighted by Gasteiger charge is 2.14. The Morgan fingerprint density at radius 1 is 1.17 bits per heavy atom. The molecule has 1 amide bonds. The van der Waals surface area contributed by atoms with E-state index in [4.69, 9.17) is 0 Å². The van der Waals surface area contributed by atoms with Gasteiger partial charge in [-0.2, -0.15) is 5.10 Å². The number of aromatic carboxylic acids is 1. The van der Waals surface area contributed by atoms with E-state index in [1.807, 2.05) is 0 Å². The average molecular weight is 392 g/mol. The van der Waals surface area contributed by atoms with Crippen molar-refractivity contribution in [1.29, 1.82) is 0 Å². The van der Waals surface area contributed by atoms with Crippen LogP contribution in [0.25, 0.3) is 10.9 Å². The molecular formula is C21H17FN4O3. The number of rotatable bonds is 5. The lowest BCUT2D eigenvalue weighted by molar-refractivity contribution is 0.0696. The number of aromatic nitrogens is 3. The Hall–Kier alpha value is -3.94. The molecule has 0 unspecified atom stereocenters. The van der Waals surface area contributed by atoms with Crippen LogP contribution in [0, 0.1) is 12.7 Å². The quantitative estimate of drug-likeness (QED) is 0.481. The van der Waals surface area contributed by atoms with Crippen LogP contribution in [0.15, 0.2) is 54.7 Å². The number of carbonyl (C=O) groups is 2. The molecule has 0 spiro atoms. The predicted octanol–water partition coefficient (Wildman–Crippen LogP) is 3.81. The maximum atomic E-state index is 13.0. The Balaban J connectivity index is 1.51. The molecule has 2 aromatic carbocycles. The van der Waals surface area contributed by atoms with Crippen LogP contribution in [0.2, 0.25) is 0 Å². The normalized spacial score (nSPS) is 11.0. The maximum absolute atomic E-state index is 13.0. The first-order valence-corrected chi connectivity index (χ1v) is 8.85. The standard InChI is InChI=1S/C21H17FN4O3/c1-12-8-14(21(28)29)9-17-16(12)10-18(23-17)20(27)24-19-6-7-26(25-19)11-13-2-4-15(22)5-3-13/h2-10,23H,11H2,1H3,(H,28,29)(H,24,25,27). The van der Waals surface area contributed by atoms with Gasteiger partial charge in [-0.25, -0.2) is 9.18 Å². The summed E-state index contributed by atoms with van der Waals surface area (Å²) in [5.74, 6) is -1.34. The minimum absolute atomic E-state index is 0.156. The van der Waals surface area contributed by atoms with Crippen LogP contribution in [-0.2, 0) is 6.54 Å². The second-order valence-corrected chi connectivity index (χ2v) is 6.72. The van der Waals surface area contributed by atoms with Crippen LogP contribution in [0.1, 0.15) is 32.0 Å². The number of hydrogen-bond acceptors (Lipinski definition) is 3. The fourth-order valence-electron chi connectivity index (χ4n) is 3.14. The number of halogens is 1. The van der Waals surface area contributed by atoms with Gasteiger partial charge in [-0.15, -0.1) is 0 Å². The predicted molar refractivity (Wildman–Crippen MR) is 106 cm³/mol. The Bertz CT molecular complexity index is 1220. The van der Waals surface area contributed by atoms with E-state index >= 15 is 0 Å². The molecule has 2 heterocycles. The largest absolute Gasteiger partial charge is 0.478 e. The van der Waals surface area contributed by atoms with Crippen molar-refractivity contribution in [2.24, 2.45) is 0 Å². The average Bonchev–Trinajstić information content (AvgIpc) is 3.30. The molecule has 0 aliphatic heterocycles. The molecule has 146 valence electrons. The summed E-state index contributed by atoms with van der Waals surface area (Å²) < 4.78 is 14.6. The highest BCUT2D eigenvalue weighted by Crippen LogP contribution is 2.22. The molecule has 0 saturated heterocycles. The summed E-state index contributed by atoms with van der Waals surface area (Å²) >= 11 is 0. The van der Waals surface area contributed by atoms with E-state index in [0.717, 1.165) is 16.5 Å². The Morgan fingerprint density at radius 2 is 1.93 bits per heavy atom. The number of anilines is 1. The third kappa shape index (κ3) is 3.86. The third-order valence-electron chi connectivity index (χ3n) is 4.58. The molecule has 8 heteroatoms. The number of nitrogens with one attached hydrogen (secondary N) is 2. The number of hydrogen-bond donors (Lipinski definition) is 3. The summed E-state index contributed by atoms with van der Waals surface area (Å²) in [6.07, 6.45) is 1.72. The monoisotopic (exact) mass is 392 g/mol. The Morgan fingerprint density at radius 3 is 2.66 bits per heavy atom. The highest BCUT2D eigenvalue weighted by atomic mass is 19.1. The lowest BCUT2D eigenvalue weighted by Gasteiger charge is -2.02. The molecule has 4 rings (SSSR count). The second-order valence-electron chi connectivity index (χ2n) is 6.72. The van der Waals surface area contributed by atoms with Crippen molar-refractivity contribution in [3.05, 3.63) is 82.9 Å². The van der Waals surface area contributed by atoms with E-state index in [1.54, 1.807) is 48.1 Å². The van der Waals surface area contributed by atoms with Crippen molar-refractivity contribution in [2.75, 3.05) is 5.32 Å². The van der Waals surface area contributed by atoms with Crippen LogP contribution < -0.4 is 5.32 Å². The maximum Gasteiger partial charge on any atom is 0.335 e. The van der Waals surface area contributed by atoms with Crippen LogP contribution in [0.3, 0.4) is 0 Å². The van der Waals surface area contributed by atoms with E-state index in [0.29, 0.717) is 23.6 Å². The summed E-state index contributed by atoms with van der Waals surface area (Å²) in [4.78, 5) is 26.7. The number of nitrogens with zero attached hydrogens (tertiary/aromatic N) is 2. The molecule has 7 nitrogen and oxygen atoms in total. The summed E-state index contributed by atoms with van der Waals surface area (Å²) in [7, 11) is 0. The second kappa shape index (κ2) is 7.23. The van der Waals surface area contributed by atoms with Gasteiger partial charge in [-0.1, -0.05) is 12.1 Å². The number of aryl methyl sites for hydroxylation is 1. The lowest BCUT2D eigenvalue weighted by Crippen LogP contribution is -2.13. The number of fused-ring (bicyclic) bond motifs is 1. The molecule has 0 atom stereocenters. The van der Waals surface area contributed by atoms with Crippen molar-refractivity contribution >= 4 is 28.6 Å². The van der Waals surface area contributed by atoms with Crippen LogP contribution in [0.5, 0.6) is 0 Å². The smallest absolute Gasteiger partial charge is 0.335 e. The van der Waals surface area contributed by atoms with Gasteiger partial charge in [0.05, 0.1) is 12.1 Å². The van der Waals surface area contributed by atoms with E-state index in [1.165, 1.54) is 18.2 Å². The van der Waals surface area contributed by atoms with Gasteiger partial charge in [0.25, 0.3) is 5.91 Å². The van der Waals surface area contributed by atoms with E-state index in [-0.39, 0.29) is 17.3 Å². The Kier molecular flexibility index (Phi) is 4.59. The van der Waals surface area contributed by atoms with Crippen molar-refractivity contribution in [3.63, 3.8) is 0 Å². The van der Waals surface area contributed by atoms with E-state index in [2.05, 4.69) is 15.4 Å². The van der Waals surface area contributed by atoms with Gasteiger partial charge >= 0.3 is 5.97 Å². The molecule has 2 aromatic heterocycles. The number of benzene rings is 2. The molecule has 0 saturated carbocycles. The van der Waals surface area contributed by atoms with Crippen molar-refractivity contribution in [1.82, 2.24) is 14.8 Å². The summed E-state index contributed by atoms with van der Waals surface area (Å²) in [6.45, 7) is 2.24. The number of aromatic amines is 1. The zero-order chi connectivity index (χ0) is 20.5. The molecule has 4 aromatic rings. The molecule has 0 bridgehead atoms. The first kappa shape index (κ1) is 18.4. The van der Waals surface area contributed by atoms with Crippen molar-refractivity contribution < 1.29 is 19.1 Å². The van der Waals surface area contributed by atoms with Gasteiger partial charge in [-0.3, -0.25) is 9.48 Å². The number of carboxylic acids is 1. The fraction of sp³-hybridized carbons (Fsp3) is 0.0952. The minimum atomic E-state index is -1.03. The molecule has 0 aliphatic rings. The van der Waals surface area contributed by atoms with Gasteiger partial charge < -0.3 is 15.4 Å². The number of amides is 1. The number of H-pyrrole nitrogens is 1. The van der Waals surface area contributed by atoms with Gasteiger partial charge in [0, 0.05) is 23.2 Å². The SMILES string of the molecule is Cc1cc(C(=O)O)cc2[nH]c(C(=O)Nc3ccn(Cc4ccc(F)cc4)n3)cc12. The summed E-state index contributed by atoms with van der Waals surface area (Å²) in [5, 5.41) is 17.0. The topological polar surface area (TPSA) is 100 Å². The summed E-state index contributed by atoms with van der Waals surface area (Å²) in [6, 6.07) is 12.5. The van der Waals surface area contributed by atoms with Crippen molar-refractivity contribution in [2.45, 2.75) is 13.5 Å². The van der Waals surface area contributed by atoms with Crippen LogP contribution in [0.4, 0.5) is 10.2 Å². The third-order valence-corrected chi connectivity index (χ3v) is 4.58. The number of carboxylic acid groups (broad SMARTS) is 1. The molecule has 0 radical (unpaired) electrons. The first-order valence-electron chi connectivity index (χ1n) is 8.85. The molecular weight excluding hydrogens is 375 g/mol.